The van der Waals surface area contributed by atoms with Crippen LogP contribution in [0.25, 0.3) is 0 Å². The zero-order valence-corrected chi connectivity index (χ0v) is 12.0. The van der Waals surface area contributed by atoms with Gasteiger partial charge in [-0.15, -0.1) is 0 Å². The lowest BCUT2D eigenvalue weighted by molar-refractivity contribution is -0.142. The van der Waals surface area contributed by atoms with E-state index in [4.69, 9.17) is 4.74 Å². The van der Waals surface area contributed by atoms with Crippen LogP contribution in [0.4, 0.5) is 0 Å². The van der Waals surface area contributed by atoms with E-state index in [0.29, 0.717) is 25.9 Å². The SMILES string of the molecule is CCS(=O)(=O)NC1CCN(C(=O)C(C)OC)CC1. The zero-order chi connectivity index (χ0) is 13.8. The van der Waals surface area contributed by atoms with Crippen molar-refractivity contribution >= 4 is 15.9 Å². The highest BCUT2D eigenvalue weighted by atomic mass is 32.2. The fourth-order valence-electron chi connectivity index (χ4n) is 1.91. The summed E-state index contributed by atoms with van der Waals surface area (Å²) in [6, 6.07) is -0.0585. The molecule has 1 N–H and O–H groups in total. The van der Waals surface area contributed by atoms with Crippen molar-refractivity contribution in [1.29, 1.82) is 0 Å². The third-order valence-electron chi connectivity index (χ3n) is 3.23. The van der Waals surface area contributed by atoms with Gasteiger partial charge in [-0.1, -0.05) is 0 Å². The van der Waals surface area contributed by atoms with Crippen molar-refractivity contribution in [3.05, 3.63) is 0 Å². The number of carbonyl (C=O) groups excluding carboxylic acids is 1. The first-order valence-electron chi connectivity index (χ1n) is 6.21. The summed E-state index contributed by atoms with van der Waals surface area (Å²) in [4.78, 5) is 13.6. The van der Waals surface area contributed by atoms with Gasteiger partial charge in [-0.2, -0.15) is 0 Å². The maximum atomic E-state index is 11.8. The minimum Gasteiger partial charge on any atom is -0.372 e. The smallest absolute Gasteiger partial charge is 0.251 e. The van der Waals surface area contributed by atoms with Gasteiger partial charge in [-0.25, -0.2) is 13.1 Å². The Morgan fingerprint density at radius 1 is 1.44 bits per heavy atom. The first-order chi connectivity index (χ1) is 8.39. The number of methoxy groups -OCH3 is 1. The molecule has 0 aromatic heterocycles. The largest absolute Gasteiger partial charge is 0.372 e. The maximum absolute atomic E-state index is 11.8. The Balaban J connectivity index is 2.44. The first kappa shape index (κ1) is 15.4. The van der Waals surface area contributed by atoms with Gasteiger partial charge in [0.05, 0.1) is 5.75 Å². The van der Waals surface area contributed by atoms with Gasteiger partial charge in [0.25, 0.3) is 5.91 Å². The van der Waals surface area contributed by atoms with Gasteiger partial charge in [-0.3, -0.25) is 4.79 Å². The Bertz CT molecular complexity index is 375. The molecule has 1 rings (SSSR count). The summed E-state index contributed by atoms with van der Waals surface area (Å²) < 4.78 is 30.5. The summed E-state index contributed by atoms with van der Waals surface area (Å²) in [5.41, 5.74) is 0. The first-order valence-corrected chi connectivity index (χ1v) is 7.86. The van der Waals surface area contributed by atoms with Crippen LogP contribution in [0.5, 0.6) is 0 Å². The van der Waals surface area contributed by atoms with E-state index in [-0.39, 0.29) is 17.7 Å². The van der Waals surface area contributed by atoms with E-state index in [1.807, 2.05) is 0 Å². The van der Waals surface area contributed by atoms with E-state index in [2.05, 4.69) is 4.72 Å². The van der Waals surface area contributed by atoms with Crippen molar-refractivity contribution in [2.75, 3.05) is 26.0 Å². The molecule has 1 aliphatic heterocycles. The van der Waals surface area contributed by atoms with Gasteiger partial charge in [0.1, 0.15) is 6.10 Å². The molecule has 0 aliphatic carbocycles. The lowest BCUT2D eigenvalue weighted by atomic mass is 10.1. The second-order valence-electron chi connectivity index (χ2n) is 4.50. The van der Waals surface area contributed by atoms with Crippen molar-refractivity contribution in [3.63, 3.8) is 0 Å². The zero-order valence-electron chi connectivity index (χ0n) is 11.2. The molecule has 18 heavy (non-hydrogen) atoms. The number of hydrogen-bond acceptors (Lipinski definition) is 4. The lowest BCUT2D eigenvalue weighted by Gasteiger charge is -2.33. The predicted octanol–water partition coefficient (Wildman–Crippen LogP) is -0.0484. The number of nitrogens with zero attached hydrogens (tertiary/aromatic N) is 1. The number of rotatable bonds is 5. The second kappa shape index (κ2) is 6.49. The molecule has 1 aliphatic rings. The average molecular weight is 278 g/mol. The molecule has 0 aromatic rings. The van der Waals surface area contributed by atoms with E-state index in [0.717, 1.165) is 0 Å². The molecule has 1 atom stereocenters. The van der Waals surface area contributed by atoms with Crippen LogP contribution in [0.1, 0.15) is 26.7 Å². The van der Waals surface area contributed by atoms with Crippen molar-refractivity contribution in [2.24, 2.45) is 0 Å². The highest BCUT2D eigenvalue weighted by molar-refractivity contribution is 7.89. The molecule has 1 fully saturated rings. The molecule has 0 spiro atoms. The van der Waals surface area contributed by atoms with Crippen LogP contribution >= 0.6 is 0 Å². The van der Waals surface area contributed by atoms with Crippen molar-refractivity contribution in [1.82, 2.24) is 9.62 Å². The van der Waals surface area contributed by atoms with E-state index in [1.54, 1.807) is 18.7 Å². The number of sulfonamides is 1. The van der Waals surface area contributed by atoms with Gasteiger partial charge in [0.2, 0.25) is 10.0 Å². The molecule has 0 radical (unpaired) electrons. The number of carbonyl (C=O) groups is 1. The van der Waals surface area contributed by atoms with Gasteiger partial charge in [0, 0.05) is 26.2 Å². The van der Waals surface area contributed by atoms with Gasteiger partial charge >= 0.3 is 0 Å². The molecule has 0 bridgehead atoms. The fraction of sp³-hybridized carbons (Fsp3) is 0.909. The quantitative estimate of drug-likeness (QED) is 0.765. The molecule has 106 valence electrons. The molecule has 6 nitrogen and oxygen atoms in total. The van der Waals surface area contributed by atoms with Crippen LogP contribution in [-0.2, 0) is 19.6 Å². The monoisotopic (exact) mass is 278 g/mol. The molecule has 1 saturated heterocycles. The summed E-state index contributed by atoms with van der Waals surface area (Å²) in [5.74, 6) is 0.0571. The summed E-state index contributed by atoms with van der Waals surface area (Å²) in [7, 11) is -1.65. The minimum absolute atomic E-state index is 0.0331. The Morgan fingerprint density at radius 3 is 2.44 bits per heavy atom. The van der Waals surface area contributed by atoms with E-state index < -0.39 is 16.1 Å². The van der Waals surface area contributed by atoms with Crippen LogP contribution in [0.15, 0.2) is 0 Å². The van der Waals surface area contributed by atoms with Gasteiger partial charge < -0.3 is 9.64 Å². The molecule has 1 heterocycles. The topological polar surface area (TPSA) is 75.7 Å². The predicted molar refractivity (Wildman–Crippen MR) is 68.7 cm³/mol. The molecule has 7 heteroatoms. The third-order valence-corrected chi connectivity index (χ3v) is 4.69. The number of likely N-dealkylation sites (tertiary alicyclic amines) is 1. The van der Waals surface area contributed by atoms with Crippen molar-refractivity contribution < 1.29 is 17.9 Å². The minimum atomic E-state index is -3.16. The number of ether oxygens (including phenoxy) is 1. The molecule has 1 unspecified atom stereocenters. The molecule has 1 amide bonds. The number of hydrogen-bond donors (Lipinski definition) is 1. The Kier molecular flexibility index (Phi) is 5.55. The summed E-state index contributed by atoms with van der Waals surface area (Å²) in [5, 5.41) is 0. The standard InChI is InChI=1S/C11H22N2O4S/c1-4-18(15,16)12-10-5-7-13(8-6-10)11(14)9(2)17-3/h9-10,12H,4-8H2,1-3H3. The van der Waals surface area contributed by atoms with E-state index in [1.165, 1.54) is 7.11 Å². The van der Waals surface area contributed by atoms with Crippen LogP contribution in [0, 0.1) is 0 Å². The van der Waals surface area contributed by atoms with Crippen LogP contribution in [0.3, 0.4) is 0 Å². The third kappa shape index (κ3) is 4.22. The molecule has 0 aromatic carbocycles. The summed E-state index contributed by atoms with van der Waals surface area (Å²) in [6.07, 6.45) is 0.872. The Hall–Kier alpha value is -0.660. The maximum Gasteiger partial charge on any atom is 0.251 e. The van der Waals surface area contributed by atoms with E-state index in [9.17, 15) is 13.2 Å². The molecular formula is C11H22N2O4S. The second-order valence-corrected chi connectivity index (χ2v) is 6.54. The van der Waals surface area contributed by atoms with E-state index >= 15 is 0 Å². The number of piperidine rings is 1. The van der Waals surface area contributed by atoms with Crippen molar-refractivity contribution in [2.45, 2.75) is 38.8 Å². The average Bonchev–Trinajstić information content (AvgIpc) is 2.37. The molecule has 0 saturated carbocycles. The highest BCUT2D eigenvalue weighted by Crippen LogP contribution is 2.13. The fourth-order valence-corrected chi connectivity index (χ4v) is 2.82. The summed E-state index contributed by atoms with van der Waals surface area (Å²) >= 11 is 0. The normalized spacial score (nSPS) is 19.8. The van der Waals surface area contributed by atoms with Crippen LogP contribution in [-0.4, -0.2) is 57.3 Å². The lowest BCUT2D eigenvalue weighted by Crippen LogP contribution is -2.49. The number of nitrogens with one attached hydrogen (secondary N) is 1. The molecular weight excluding hydrogens is 256 g/mol. The van der Waals surface area contributed by atoms with Crippen molar-refractivity contribution in [3.8, 4) is 0 Å². The van der Waals surface area contributed by atoms with Gasteiger partial charge in [-0.05, 0) is 26.7 Å². The summed E-state index contributed by atoms with van der Waals surface area (Å²) in [6.45, 7) is 4.47. The van der Waals surface area contributed by atoms with Crippen LogP contribution < -0.4 is 4.72 Å². The Labute approximate surface area is 109 Å². The number of amides is 1. The highest BCUT2D eigenvalue weighted by Gasteiger charge is 2.27. The Morgan fingerprint density at radius 2 is 2.00 bits per heavy atom. The van der Waals surface area contributed by atoms with Crippen LogP contribution in [0.2, 0.25) is 0 Å². The van der Waals surface area contributed by atoms with Gasteiger partial charge in [0.15, 0.2) is 0 Å².